The van der Waals surface area contributed by atoms with Crippen LogP contribution in [0, 0.1) is 5.92 Å². The molecule has 0 radical (unpaired) electrons. The van der Waals surface area contributed by atoms with Crippen molar-refractivity contribution < 1.29 is 14.3 Å². The number of aromatic nitrogens is 5. The summed E-state index contributed by atoms with van der Waals surface area (Å²) in [6, 6.07) is 10.9. The van der Waals surface area contributed by atoms with Gasteiger partial charge in [0.05, 0.1) is 54.9 Å². The minimum absolute atomic E-state index is 0.108. The molecule has 0 bridgehead atoms. The van der Waals surface area contributed by atoms with E-state index >= 15 is 0 Å². The number of methoxy groups -OCH3 is 2. The van der Waals surface area contributed by atoms with E-state index in [1.165, 1.54) is 4.80 Å². The predicted octanol–water partition coefficient (Wildman–Crippen LogP) is 3.38. The van der Waals surface area contributed by atoms with E-state index in [1.54, 1.807) is 44.8 Å². The molecule has 1 fully saturated rings. The van der Waals surface area contributed by atoms with Crippen molar-refractivity contribution in [1.29, 1.82) is 0 Å². The number of imidazole rings is 1. The Hall–Kier alpha value is -3.88. The largest absolute Gasteiger partial charge is 0.497 e. The van der Waals surface area contributed by atoms with E-state index in [1.807, 2.05) is 23.1 Å². The topological polar surface area (TPSA) is 98.2 Å². The Balaban J connectivity index is 1.54. The maximum atomic E-state index is 13.8. The Morgan fingerprint density at radius 2 is 1.78 bits per heavy atom. The fraction of sp³-hybridized carbons (Fsp3) is 0.304. The second kappa shape index (κ2) is 7.99. The third-order valence-corrected chi connectivity index (χ3v) is 5.86. The van der Waals surface area contributed by atoms with Crippen molar-refractivity contribution >= 4 is 16.9 Å². The molecule has 4 aromatic rings. The van der Waals surface area contributed by atoms with Gasteiger partial charge in [-0.2, -0.15) is 15.0 Å². The van der Waals surface area contributed by atoms with Crippen LogP contribution in [0.5, 0.6) is 11.5 Å². The van der Waals surface area contributed by atoms with Gasteiger partial charge in [-0.1, -0.05) is 6.92 Å². The Kier molecular flexibility index (Phi) is 5.01. The third-order valence-electron chi connectivity index (χ3n) is 5.86. The van der Waals surface area contributed by atoms with E-state index in [9.17, 15) is 4.79 Å². The number of nitrogens with one attached hydrogen (secondary N) is 1. The molecule has 9 nitrogen and oxygen atoms in total. The molecule has 3 heterocycles. The molecule has 2 unspecified atom stereocenters. The van der Waals surface area contributed by atoms with E-state index in [-0.39, 0.29) is 11.9 Å². The van der Waals surface area contributed by atoms with Crippen LogP contribution in [0.1, 0.15) is 35.6 Å². The number of carbonyl (C=O) groups excluding carboxylic acids is 1. The first-order valence-corrected chi connectivity index (χ1v) is 10.5. The highest BCUT2D eigenvalue weighted by molar-refractivity contribution is 5.98. The second-order valence-corrected chi connectivity index (χ2v) is 8.02. The Morgan fingerprint density at radius 1 is 1.06 bits per heavy atom. The highest BCUT2D eigenvalue weighted by atomic mass is 16.5. The minimum Gasteiger partial charge on any atom is -0.497 e. The summed E-state index contributed by atoms with van der Waals surface area (Å²) in [5.41, 5.74) is 2.82. The van der Waals surface area contributed by atoms with E-state index in [4.69, 9.17) is 14.5 Å². The molecule has 1 saturated heterocycles. The lowest BCUT2D eigenvalue weighted by Crippen LogP contribution is -2.32. The van der Waals surface area contributed by atoms with Crippen molar-refractivity contribution in [3.63, 3.8) is 0 Å². The molecule has 1 aliphatic heterocycles. The first-order chi connectivity index (χ1) is 15.6. The third kappa shape index (κ3) is 3.45. The molecule has 0 saturated carbocycles. The fourth-order valence-corrected chi connectivity index (χ4v) is 4.30. The SMILES string of the molecule is COc1ccc(-n2nccn2)c(C(=O)N2CC(C)CC2c2nc3cc(OC)ccc3[nH]2)c1. The number of carbonyl (C=O) groups is 1. The van der Waals surface area contributed by atoms with Crippen LogP contribution in [-0.2, 0) is 0 Å². The summed E-state index contributed by atoms with van der Waals surface area (Å²) in [7, 11) is 3.22. The second-order valence-electron chi connectivity index (χ2n) is 8.02. The van der Waals surface area contributed by atoms with E-state index < -0.39 is 0 Å². The zero-order chi connectivity index (χ0) is 22.2. The number of ether oxygens (including phenoxy) is 2. The van der Waals surface area contributed by atoms with Gasteiger partial charge < -0.3 is 19.4 Å². The number of likely N-dealkylation sites (tertiary alicyclic amines) is 1. The van der Waals surface area contributed by atoms with Gasteiger partial charge in [0.2, 0.25) is 0 Å². The molecule has 164 valence electrons. The van der Waals surface area contributed by atoms with E-state index in [2.05, 4.69) is 22.1 Å². The average Bonchev–Trinajstić information content (AvgIpc) is 3.56. The maximum absolute atomic E-state index is 13.8. The van der Waals surface area contributed by atoms with Gasteiger partial charge in [-0.15, -0.1) is 0 Å². The molecule has 9 heteroatoms. The monoisotopic (exact) mass is 432 g/mol. The first kappa shape index (κ1) is 20.0. The summed E-state index contributed by atoms with van der Waals surface area (Å²) in [5.74, 6) is 2.35. The molecular formula is C23H24N6O3. The van der Waals surface area contributed by atoms with Crippen LogP contribution >= 0.6 is 0 Å². The number of fused-ring (bicyclic) bond motifs is 1. The number of aromatic amines is 1. The van der Waals surface area contributed by atoms with Crippen molar-refractivity contribution in [3.8, 4) is 17.2 Å². The first-order valence-electron chi connectivity index (χ1n) is 10.5. The van der Waals surface area contributed by atoms with Crippen molar-refractivity contribution in [2.24, 2.45) is 5.92 Å². The summed E-state index contributed by atoms with van der Waals surface area (Å²) in [4.78, 5) is 25.3. The van der Waals surface area contributed by atoms with Crippen molar-refractivity contribution in [3.05, 3.63) is 60.2 Å². The summed E-state index contributed by atoms with van der Waals surface area (Å²) in [6.07, 6.45) is 3.99. The normalized spacial score (nSPS) is 18.3. The average molecular weight is 432 g/mol. The van der Waals surface area contributed by atoms with E-state index in [0.717, 1.165) is 29.0 Å². The van der Waals surface area contributed by atoms with Gasteiger partial charge in [0.1, 0.15) is 17.3 Å². The molecule has 2 atom stereocenters. The Bertz CT molecular complexity index is 1270. The molecule has 5 rings (SSSR count). The minimum atomic E-state index is -0.166. The van der Waals surface area contributed by atoms with Gasteiger partial charge in [0, 0.05) is 12.6 Å². The summed E-state index contributed by atoms with van der Waals surface area (Å²) in [5, 5.41) is 8.43. The lowest BCUT2D eigenvalue weighted by atomic mass is 10.1. The number of hydrogen-bond acceptors (Lipinski definition) is 6. The summed E-state index contributed by atoms with van der Waals surface area (Å²) < 4.78 is 10.7. The van der Waals surface area contributed by atoms with Gasteiger partial charge >= 0.3 is 0 Å². The van der Waals surface area contributed by atoms with Crippen LogP contribution in [0.2, 0.25) is 0 Å². The lowest BCUT2D eigenvalue weighted by Gasteiger charge is -2.24. The molecule has 2 aromatic heterocycles. The fourth-order valence-electron chi connectivity index (χ4n) is 4.30. The summed E-state index contributed by atoms with van der Waals surface area (Å²) in [6.45, 7) is 2.78. The highest BCUT2D eigenvalue weighted by Gasteiger charge is 2.37. The Morgan fingerprint density at radius 3 is 2.53 bits per heavy atom. The highest BCUT2D eigenvalue weighted by Crippen LogP contribution is 2.37. The molecule has 1 aliphatic rings. The number of amides is 1. The number of rotatable bonds is 5. The quantitative estimate of drug-likeness (QED) is 0.519. The molecule has 2 aromatic carbocycles. The molecule has 32 heavy (non-hydrogen) atoms. The summed E-state index contributed by atoms with van der Waals surface area (Å²) >= 11 is 0. The van der Waals surface area contributed by atoms with Gasteiger partial charge in [-0.3, -0.25) is 4.79 Å². The van der Waals surface area contributed by atoms with Crippen LogP contribution < -0.4 is 9.47 Å². The standard InChI is InChI=1S/C23H24N6O3/c1-14-10-21(22-26-18-6-4-16(32-3)12-19(18)27-22)28(13-14)23(30)17-11-15(31-2)5-7-20(17)29-24-8-9-25-29/h4-9,11-12,14,21H,10,13H2,1-3H3,(H,26,27). The number of hydrogen-bond donors (Lipinski definition) is 1. The molecule has 0 spiro atoms. The van der Waals surface area contributed by atoms with Crippen molar-refractivity contribution in [2.45, 2.75) is 19.4 Å². The maximum Gasteiger partial charge on any atom is 0.256 e. The van der Waals surface area contributed by atoms with Gasteiger partial charge in [0.25, 0.3) is 5.91 Å². The number of nitrogens with zero attached hydrogens (tertiary/aromatic N) is 5. The van der Waals surface area contributed by atoms with Crippen LogP contribution in [0.3, 0.4) is 0 Å². The Labute approximate surface area is 185 Å². The lowest BCUT2D eigenvalue weighted by molar-refractivity contribution is 0.0726. The molecule has 1 N–H and O–H groups in total. The van der Waals surface area contributed by atoms with Crippen molar-refractivity contribution in [2.75, 3.05) is 20.8 Å². The zero-order valence-corrected chi connectivity index (χ0v) is 18.1. The van der Waals surface area contributed by atoms with Gasteiger partial charge in [-0.25, -0.2) is 4.98 Å². The van der Waals surface area contributed by atoms with Crippen LogP contribution in [0.25, 0.3) is 16.7 Å². The van der Waals surface area contributed by atoms with Crippen LogP contribution in [0.15, 0.2) is 48.8 Å². The predicted molar refractivity (Wildman–Crippen MR) is 118 cm³/mol. The van der Waals surface area contributed by atoms with Crippen LogP contribution in [0.4, 0.5) is 0 Å². The smallest absolute Gasteiger partial charge is 0.256 e. The van der Waals surface area contributed by atoms with Crippen molar-refractivity contribution in [1.82, 2.24) is 29.9 Å². The molecule has 0 aliphatic carbocycles. The van der Waals surface area contributed by atoms with Gasteiger partial charge in [0.15, 0.2) is 0 Å². The zero-order valence-electron chi connectivity index (χ0n) is 18.1. The van der Waals surface area contributed by atoms with E-state index in [0.29, 0.717) is 29.5 Å². The molecule has 1 amide bonds. The van der Waals surface area contributed by atoms with Crippen LogP contribution in [-0.4, -0.2) is 56.5 Å². The number of H-pyrrole nitrogens is 1. The van der Waals surface area contributed by atoms with Gasteiger partial charge in [-0.05, 0) is 42.7 Å². The number of benzene rings is 2. The molecular weight excluding hydrogens is 408 g/mol.